The highest BCUT2D eigenvalue weighted by Crippen LogP contribution is 2.50. The van der Waals surface area contributed by atoms with Gasteiger partial charge in [0.1, 0.15) is 6.29 Å². The van der Waals surface area contributed by atoms with Crippen LogP contribution >= 0.6 is 0 Å². The summed E-state index contributed by atoms with van der Waals surface area (Å²) in [5.41, 5.74) is -1.07. The Morgan fingerprint density at radius 3 is 2.62 bits per heavy atom. The number of aliphatic hydroxyl groups is 1. The van der Waals surface area contributed by atoms with Crippen LogP contribution in [-0.2, 0) is 14.3 Å². The van der Waals surface area contributed by atoms with Crippen molar-refractivity contribution < 1.29 is 19.4 Å². The maximum absolute atomic E-state index is 12.3. The van der Waals surface area contributed by atoms with E-state index in [0.717, 1.165) is 6.29 Å². The van der Waals surface area contributed by atoms with Gasteiger partial charge < -0.3 is 14.6 Å². The molecule has 0 heterocycles. The second-order valence-corrected chi connectivity index (χ2v) is 5.25. The zero-order chi connectivity index (χ0) is 15.5. The van der Waals surface area contributed by atoms with Crippen LogP contribution in [0.3, 0.4) is 0 Å². The zero-order valence-electron chi connectivity index (χ0n) is 11.7. The SMILES string of the molecule is COC(=O)[C@@]1(C#N)[C@H](O)CC[C@@H](C=O)[C@@H]1c1ccccc1. The molecule has 0 radical (unpaired) electrons. The lowest BCUT2D eigenvalue weighted by atomic mass is 9.58. The Balaban J connectivity index is 2.63. The molecular weight excluding hydrogens is 270 g/mol. The molecule has 0 aromatic heterocycles. The van der Waals surface area contributed by atoms with E-state index in [1.54, 1.807) is 24.3 Å². The van der Waals surface area contributed by atoms with Crippen LogP contribution in [0.4, 0.5) is 0 Å². The fourth-order valence-electron chi connectivity index (χ4n) is 3.23. The minimum Gasteiger partial charge on any atom is -0.468 e. The van der Waals surface area contributed by atoms with Crippen molar-refractivity contribution in [3.05, 3.63) is 35.9 Å². The smallest absolute Gasteiger partial charge is 0.329 e. The molecule has 5 nitrogen and oxygen atoms in total. The molecule has 0 aliphatic heterocycles. The number of aldehydes is 1. The number of aliphatic hydroxyl groups excluding tert-OH is 1. The average Bonchev–Trinajstić information content (AvgIpc) is 2.54. The molecule has 21 heavy (non-hydrogen) atoms. The van der Waals surface area contributed by atoms with Crippen molar-refractivity contribution in [3.8, 4) is 6.07 Å². The first-order valence-electron chi connectivity index (χ1n) is 6.79. The predicted octanol–water partition coefficient (Wildman–Crippen LogP) is 1.42. The topological polar surface area (TPSA) is 87.4 Å². The standard InChI is InChI=1S/C16H17NO4/c1-21-15(20)16(10-17)13(19)8-7-12(9-18)14(16)11-5-3-2-4-6-11/h2-6,9,12-14,19H,7-8H2,1H3/t12-,13+,14-,16-/m0/s1. The lowest BCUT2D eigenvalue weighted by Crippen LogP contribution is -2.52. The molecule has 1 aliphatic carbocycles. The molecule has 1 saturated carbocycles. The summed E-state index contributed by atoms with van der Waals surface area (Å²) in [5, 5.41) is 20.0. The summed E-state index contributed by atoms with van der Waals surface area (Å²) in [4.78, 5) is 23.7. The number of hydrogen-bond donors (Lipinski definition) is 1. The largest absolute Gasteiger partial charge is 0.468 e. The van der Waals surface area contributed by atoms with Crippen molar-refractivity contribution in [2.24, 2.45) is 11.3 Å². The highest BCUT2D eigenvalue weighted by Gasteiger charge is 2.58. The number of carbonyl (C=O) groups is 2. The molecular formula is C16H17NO4. The van der Waals surface area contributed by atoms with Crippen molar-refractivity contribution in [1.29, 1.82) is 5.26 Å². The fourth-order valence-corrected chi connectivity index (χ4v) is 3.23. The number of carbonyl (C=O) groups excluding carboxylic acids is 2. The summed E-state index contributed by atoms with van der Waals surface area (Å²) in [7, 11) is 1.18. The Bertz CT molecular complexity index is 565. The van der Waals surface area contributed by atoms with Gasteiger partial charge in [0.2, 0.25) is 0 Å². The van der Waals surface area contributed by atoms with Gasteiger partial charge in [-0.15, -0.1) is 0 Å². The average molecular weight is 287 g/mol. The zero-order valence-corrected chi connectivity index (χ0v) is 11.7. The summed E-state index contributed by atoms with van der Waals surface area (Å²) < 4.78 is 4.76. The normalized spacial score (nSPS) is 32.0. The van der Waals surface area contributed by atoms with Gasteiger partial charge in [-0.3, -0.25) is 4.79 Å². The van der Waals surface area contributed by atoms with Crippen LogP contribution in [0.1, 0.15) is 24.3 Å². The molecule has 0 bridgehead atoms. The molecule has 110 valence electrons. The molecule has 0 saturated heterocycles. The number of esters is 1. The van der Waals surface area contributed by atoms with Crippen LogP contribution in [0.25, 0.3) is 0 Å². The minimum absolute atomic E-state index is 0.218. The van der Waals surface area contributed by atoms with Gasteiger partial charge in [0.15, 0.2) is 5.41 Å². The van der Waals surface area contributed by atoms with E-state index >= 15 is 0 Å². The van der Waals surface area contributed by atoms with E-state index in [-0.39, 0.29) is 6.42 Å². The van der Waals surface area contributed by atoms with Crippen molar-refractivity contribution in [2.45, 2.75) is 24.9 Å². The maximum Gasteiger partial charge on any atom is 0.329 e. The van der Waals surface area contributed by atoms with E-state index in [0.29, 0.717) is 12.0 Å². The summed E-state index contributed by atoms with van der Waals surface area (Å²) in [6.07, 6.45) is 0.259. The fraction of sp³-hybridized carbons (Fsp3) is 0.438. The number of rotatable bonds is 3. The summed E-state index contributed by atoms with van der Waals surface area (Å²) in [6.45, 7) is 0. The third-order valence-corrected chi connectivity index (χ3v) is 4.26. The highest BCUT2D eigenvalue weighted by atomic mass is 16.5. The first-order valence-corrected chi connectivity index (χ1v) is 6.79. The maximum atomic E-state index is 12.3. The van der Waals surface area contributed by atoms with Gasteiger partial charge in [-0.05, 0) is 18.4 Å². The quantitative estimate of drug-likeness (QED) is 0.671. The molecule has 0 spiro atoms. The van der Waals surface area contributed by atoms with E-state index in [4.69, 9.17) is 4.74 Å². The number of nitrogens with zero attached hydrogens (tertiary/aromatic N) is 1. The number of hydrogen-bond acceptors (Lipinski definition) is 5. The molecule has 1 aliphatic rings. The Morgan fingerprint density at radius 1 is 1.43 bits per heavy atom. The van der Waals surface area contributed by atoms with Crippen LogP contribution in [0.15, 0.2) is 30.3 Å². The Hall–Kier alpha value is -2.19. The van der Waals surface area contributed by atoms with Crippen molar-refractivity contribution >= 4 is 12.3 Å². The summed E-state index contributed by atoms with van der Waals surface area (Å²) in [6, 6.07) is 10.8. The van der Waals surface area contributed by atoms with Crippen LogP contribution in [0, 0.1) is 22.7 Å². The van der Waals surface area contributed by atoms with E-state index < -0.39 is 29.3 Å². The predicted molar refractivity (Wildman–Crippen MR) is 74.0 cm³/mol. The van der Waals surface area contributed by atoms with Gasteiger partial charge >= 0.3 is 5.97 Å². The second kappa shape index (κ2) is 6.06. The molecule has 1 aromatic rings. The van der Waals surface area contributed by atoms with Crippen LogP contribution in [0.5, 0.6) is 0 Å². The van der Waals surface area contributed by atoms with Crippen molar-refractivity contribution in [1.82, 2.24) is 0 Å². The lowest BCUT2D eigenvalue weighted by molar-refractivity contribution is -0.161. The van der Waals surface area contributed by atoms with E-state index in [1.165, 1.54) is 7.11 Å². The number of nitriles is 1. The van der Waals surface area contributed by atoms with Gasteiger partial charge in [-0.1, -0.05) is 30.3 Å². The number of ether oxygens (including phenoxy) is 1. The third-order valence-electron chi connectivity index (χ3n) is 4.26. The first kappa shape index (κ1) is 15.2. The molecule has 4 atom stereocenters. The van der Waals surface area contributed by atoms with Gasteiger partial charge in [0.05, 0.1) is 19.3 Å². The van der Waals surface area contributed by atoms with Crippen molar-refractivity contribution in [3.63, 3.8) is 0 Å². The number of methoxy groups -OCH3 is 1. The third kappa shape index (κ3) is 2.32. The Labute approximate surface area is 123 Å². The molecule has 0 amide bonds. The van der Waals surface area contributed by atoms with E-state index in [9.17, 15) is 20.0 Å². The minimum atomic E-state index is -1.75. The van der Waals surface area contributed by atoms with Crippen LogP contribution in [0.2, 0.25) is 0 Å². The van der Waals surface area contributed by atoms with Crippen LogP contribution < -0.4 is 0 Å². The highest BCUT2D eigenvalue weighted by molar-refractivity contribution is 5.83. The number of benzene rings is 1. The first-order chi connectivity index (χ1) is 10.1. The van der Waals surface area contributed by atoms with Crippen LogP contribution in [-0.4, -0.2) is 30.6 Å². The monoisotopic (exact) mass is 287 g/mol. The van der Waals surface area contributed by atoms with Gasteiger partial charge in [0.25, 0.3) is 0 Å². The lowest BCUT2D eigenvalue weighted by Gasteiger charge is -2.43. The molecule has 2 rings (SSSR count). The molecule has 1 aromatic carbocycles. The van der Waals surface area contributed by atoms with Crippen molar-refractivity contribution in [2.75, 3.05) is 7.11 Å². The summed E-state index contributed by atoms with van der Waals surface area (Å²) in [5.74, 6) is -2.01. The second-order valence-electron chi connectivity index (χ2n) is 5.25. The Morgan fingerprint density at radius 2 is 2.10 bits per heavy atom. The molecule has 1 N–H and O–H groups in total. The molecule has 1 fully saturated rings. The van der Waals surface area contributed by atoms with E-state index in [1.807, 2.05) is 12.1 Å². The molecule has 5 heteroatoms. The van der Waals surface area contributed by atoms with E-state index in [2.05, 4.69) is 0 Å². The summed E-state index contributed by atoms with van der Waals surface area (Å²) >= 11 is 0. The van der Waals surface area contributed by atoms with Gasteiger partial charge in [-0.2, -0.15) is 5.26 Å². The van der Waals surface area contributed by atoms with Gasteiger partial charge in [-0.25, -0.2) is 0 Å². The van der Waals surface area contributed by atoms with Gasteiger partial charge in [0, 0.05) is 11.8 Å². The molecule has 0 unspecified atom stereocenters. The Kier molecular flexibility index (Phi) is 4.39.